The Morgan fingerprint density at radius 2 is 2.16 bits per heavy atom. The van der Waals surface area contributed by atoms with Gasteiger partial charge in [0.05, 0.1) is 11.5 Å². The molecular formula is C11H19N5O3. The lowest BCUT2D eigenvalue weighted by Crippen LogP contribution is -2.29. The zero-order valence-corrected chi connectivity index (χ0v) is 11.6. The van der Waals surface area contributed by atoms with Crippen molar-refractivity contribution in [2.45, 2.75) is 26.8 Å². The number of nitrogens with zero attached hydrogens (tertiary/aromatic N) is 4. The number of rotatable bonds is 6. The van der Waals surface area contributed by atoms with Crippen LogP contribution in [0.4, 0.5) is 11.5 Å². The molecule has 8 nitrogen and oxygen atoms in total. The van der Waals surface area contributed by atoms with Crippen LogP contribution in [0.5, 0.6) is 0 Å². The van der Waals surface area contributed by atoms with E-state index in [-0.39, 0.29) is 18.1 Å². The summed E-state index contributed by atoms with van der Waals surface area (Å²) >= 11 is 0. The molecule has 1 heterocycles. The van der Waals surface area contributed by atoms with Crippen LogP contribution in [0.25, 0.3) is 0 Å². The van der Waals surface area contributed by atoms with Gasteiger partial charge < -0.3 is 10.2 Å². The van der Waals surface area contributed by atoms with Crippen molar-refractivity contribution in [3.8, 4) is 0 Å². The highest BCUT2D eigenvalue weighted by Crippen LogP contribution is 2.28. The van der Waals surface area contributed by atoms with Crippen molar-refractivity contribution in [2.75, 3.05) is 26.0 Å². The summed E-state index contributed by atoms with van der Waals surface area (Å²) in [6, 6.07) is 0. The fourth-order valence-electron chi connectivity index (χ4n) is 1.66. The molecule has 0 aromatic carbocycles. The van der Waals surface area contributed by atoms with Crippen LogP contribution in [-0.2, 0) is 11.3 Å². The third-order valence-corrected chi connectivity index (χ3v) is 2.62. The van der Waals surface area contributed by atoms with E-state index in [0.29, 0.717) is 18.1 Å². The standard InChI is InChI=1S/C11H19N5O3/c1-5-6-15-11(12-7-9(17)14(3)4)10(16(18)19)8(2)13-15/h12H,5-7H2,1-4H3. The van der Waals surface area contributed by atoms with Crippen molar-refractivity contribution < 1.29 is 9.72 Å². The first-order valence-electron chi connectivity index (χ1n) is 6.04. The molecule has 0 saturated heterocycles. The van der Waals surface area contributed by atoms with E-state index >= 15 is 0 Å². The Bertz CT molecular complexity index is 481. The number of anilines is 1. The molecule has 0 fully saturated rings. The van der Waals surface area contributed by atoms with Crippen molar-refractivity contribution in [1.82, 2.24) is 14.7 Å². The molecule has 0 radical (unpaired) electrons. The number of hydrogen-bond acceptors (Lipinski definition) is 5. The molecule has 8 heteroatoms. The number of aryl methyl sites for hydroxylation is 2. The molecule has 1 N–H and O–H groups in total. The molecule has 0 bridgehead atoms. The summed E-state index contributed by atoms with van der Waals surface area (Å²) in [6.07, 6.45) is 0.800. The van der Waals surface area contributed by atoms with Gasteiger partial charge in [-0.05, 0) is 13.3 Å². The quantitative estimate of drug-likeness (QED) is 0.614. The van der Waals surface area contributed by atoms with Gasteiger partial charge in [-0.2, -0.15) is 5.10 Å². The van der Waals surface area contributed by atoms with E-state index < -0.39 is 4.92 Å². The molecule has 19 heavy (non-hydrogen) atoms. The molecule has 0 unspecified atom stereocenters. The van der Waals surface area contributed by atoms with Crippen molar-refractivity contribution in [3.63, 3.8) is 0 Å². The molecule has 0 saturated carbocycles. The monoisotopic (exact) mass is 269 g/mol. The molecule has 0 aliphatic carbocycles. The molecule has 0 aliphatic rings. The van der Waals surface area contributed by atoms with E-state index in [1.807, 2.05) is 6.92 Å². The number of carbonyl (C=O) groups excluding carboxylic acids is 1. The van der Waals surface area contributed by atoms with Gasteiger partial charge in [-0.15, -0.1) is 0 Å². The lowest BCUT2D eigenvalue weighted by molar-refractivity contribution is -0.384. The summed E-state index contributed by atoms with van der Waals surface area (Å²) in [4.78, 5) is 23.5. The van der Waals surface area contributed by atoms with E-state index in [9.17, 15) is 14.9 Å². The Morgan fingerprint density at radius 3 is 2.63 bits per heavy atom. The average molecular weight is 269 g/mol. The predicted octanol–water partition coefficient (Wildman–Crippen LogP) is 1.01. The molecule has 106 valence electrons. The molecule has 1 aromatic heterocycles. The van der Waals surface area contributed by atoms with Gasteiger partial charge in [-0.3, -0.25) is 14.9 Å². The van der Waals surface area contributed by atoms with Crippen LogP contribution in [0.2, 0.25) is 0 Å². The molecule has 0 aliphatic heterocycles. The summed E-state index contributed by atoms with van der Waals surface area (Å²) in [5.41, 5.74) is 0.276. The number of nitrogens with one attached hydrogen (secondary N) is 1. The SMILES string of the molecule is CCCn1nc(C)c([N+](=O)[O-])c1NCC(=O)N(C)C. The number of likely N-dealkylation sites (N-methyl/N-ethyl adjacent to an activating group) is 1. The lowest BCUT2D eigenvalue weighted by Gasteiger charge is -2.12. The van der Waals surface area contributed by atoms with Crippen LogP contribution in [-0.4, -0.2) is 46.2 Å². The zero-order valence-electron chi connectivity index (χ0n) is 11.6. The van der Waals surface area contributed by atoms with Crippen LogP contribution < -0.4 is 5.32 Å². The Balaban J connectivity index is 3.01. The number of aromatic nitrogens is 2. The average Bonchev–Trinajstić information content (AvgIpc) is 2.62. The fraction of sp³-hybridized carbons (Fsp3) is 0.636. The number of amides is 1. The van der Waals surface area contributed by atoms with E-state index in [4.69, 9.17) is 0 Å². The second-order valence-corrected chi connectivity index (χ2v) is 4.40. The minimum atomic E-state index is -0.475. The third-order valence-electron chi connectivity index (χ3n) is 2.62. The topological polar surface area (TPSA) is 93.3 Å². The van der Waals surface area contributed by atoms with Gasteiger partial charge in [0.25, 0.3) is 0 Å². The van der Waals surface area contributed by atoms with Crippen molar-refractivity contribution >= 4 is 17.4 Å². The van der Waals surface area contributed by atoms with E-state index in [1.165, 1.54) is 9.58 Å². The summed E-state index contributed by atoms with van der Waals surface area (Å²) in [5.74, 6) is 0.135. The number of carbonyl (C=O) groups is 1. The Kier molecular flexibility index (Phi) is 4.85. The van der Waals surface area contributed by atoms with Gasteiger partial charge in [-0.1, -0.05) is 6.92 Å². The summed E-state index contributed by atoms with van der Waals surface area (Å²) in [5, 5.41) is 18.0. The Hall–Kier alpha value is -2.12. The van der Waals surface area contributed by atoms with Gasteiger partial charge >= 0.3 is 5.69 Å². The van der Waals surface area contributed by atoms with Gasteiger partial charge in [0.2, 0.25) is 11.7 Å². The Labute approximate surface area is 111 Å². The first-order chi connectivity index (χ1) is 8.88. The first kappa shape index (κ1) is 14.9. The van der Waals surface area contributed by atoms with Crippen LogP contribution >= 0.6 is 0 Å². The van der Waals surface area contributed by atoms with E-state index in [1.54, 1.807) is 21.0 Å². The summed E-state index contributed by atoms with van der Waals surface area (Å²) in [6.45, 7) is 4.11. The van der Waals surface area contributed by atoms with Gasteiger partial charge in [0.15, 0.2) is 0 Å². The maximum absolute atomic E-state index is 11.5. The number of nitro groups is 1. The van der Waals surface area contributed by atoms with Gasteiger partial charge in [-0.25, -0.2) is 4.68 Å². The number of hydrogen-bond donors (Lipinski definition) is 1. The van der Waals surface area contributed by atoms with E-state index in [2.05, 4.69) is 10.4 Å². The molecule has 0 spiro atoms. The van der Waals surface area contributed by atoms with Crippen molar-refractivity contribution in [1.29, 1.82) is 0 Å². The van der Waals surface area contributed by atoms with Crippen LogP contribution in [0.1, 0.15) is 19.0 Å². The van der Waals surface area contributed by atoms with Crippen LogP contribution in [0, 0.1) is 17.0 Å². The zero-order chi connectivity index (χ0) is 14.6. The smallest absolute Gasteiger partial charge is 0.333 e. The minimum absolute atomic E-state index is 0.00267. The highest BCUT2D eigenvalue weighted by Gasteiger charge is 2.25. The second-order valence-electron chi connectivity index (χ2n) is 4.40. The molecule has 0 atom stereocenters. The first-order valence-corrected chi connectivity index (χ1v) is 6.04. The normalized spacial score (nSPS) is 10.3. The third kappa shape index (κ3) is 3.43. The predicted molar refractivity (Wildman–Crippen MR) is 71.1 cm³/mol. The molecule has 1 rings (SSSR count). The fourth-order valence-corrected chi connectivity index (χ4v) is 1.66. The lowest BCUT2D eigenvalue weighted by atomic mass is 10.3. The van der Waals surface area contributed by atoms with Crippen molar-refractivity contribution in [2.24, 2.45) is 0 Å². The van der Waals surface area contributed by atoms with E-state index in [0.717, 1.165) is 6.42 Å². The maximum Gasteiger partial charge on any atom is 0.333 e. The minimum Gasteiger partial charge on any atom is -0.355 e. The highest BCUT2D eigenvalue weighted by molar-refractivity contribution is 5.81. The highest BCUT2D eigenvalue weighted by atomic mass is 16.6. The summed E-state index contributed by atoms with van der Waals surface area (Å²) in [7, 11) is 3.26. The molecular weight excluding hydrogens is 250 g/mol. The van der Waals surface area contributed by atoms with Crippen LogP contribution in [0.3, 0.4) is 0 Å². The second kappa shape index (κ2) is 6.17. The molecule has 1 amide bonds. The molecule has 1 aromatic rings. The van der Waals surface area contributed by atoms with Gasteiger partial charge in [0, 0.05) is 20.6 Å². The summed E-state index contributed by atoms with van der Waals surface area (Å²) < 4.78 is 1.54. The Morgan fingerprint density at radius 1 is 1.53 bits per heavy atom. The largest absolute Gasteiger partial charge is 0.355 e. The van der Waals surface area contributed by atoms with Crippen LogP contribution in [0.15, 0.2) is 0 Å². The van der Waals surface area contributed by atoms with Crippen molar-refractivity contribution in [3.05, 3.63) is 15.8 Å². The maximum atomic E-state index is 11.5. The van der Waals surface area contributed by atoms with Gasteiger partial charge in [0.1, 0.15) is 5.69 Å².